The smallest absolute Gasteiger partial charge is 0.369 e. The molecule has 0 bridgehead atoms. The Morgan fingerprint density at radius 3 is 2.42 bits per heavy atom. The molecule has 4 heteroatoms. The maximum atomic E-state index is 10.5. The molecule has 0 unspecified atom stereocenters. The second-order valence-electron chi connectivity index (χ2n) is 2.02. The highest BCUT2D eigenvalue weighted by Crippen LogP contribution is 2.26. The molecule has 0 amide bonds. The van der Waals surface area contributed by atoms with Crippen molar-refractivity contribution in [1.82, 2.24) is 0 Å². The quantitative estimate of drug-likeness (QED) is 0.565. The van der Waals surface area contributed by atoms with Crippen LogP contribution in [0.25, 0.3) is 0 Å². The van der Waals surface area contributed by atoms with Gasteiger partial charge in [-0.15, -0.1) is 0 Å². The van der Waals surface area contributed by atoms with Crippen molar-refractivity contribution in [2.24, 2.45) is 0 Å². The van der Waals surface area contributed by atoms with Crippen molar-refractivity contribution >= 4 is 17.9 Å². The average molecular weight is 184 g/mol. The Labute approximate surface area is 75.7 Å². The van der Waals surface area contributed by atoms with E-state index in [2.05, 4.69) is 12.6 Å². The molecule has 0 heterocycles. The molecule has 1 aromatic rings. The number of methoxy groups -OCH3 is 1. The van der Waals surface area contributed by atoms with E-state index in [1.54, 1.807) is 24.3 Å². The van der Waals surface area contributed by atoms with Crippen LogP contribution in [0.15, 0.2) is 24.3 Å². The molecule has 0 saturated carbocycles. The summed E-state index contributed by atoms with van der Waals surface area (Å²) in [4.78, 5) is 10.5. The summed E-state index contributed by atoms with van der Waals surface area (Å²) < 4.78 is 9.67. The SMILES string of the molecule is COc1ccccc1OC(=O)S. The van der Waals surface area contributed by atoms with Crippen LogP contribution in [0.4, 0.5) is 4.79 Å². The van der Waals surface area contributed by atoms with Crippen LogP contribution in [0.2, 0.25) is 0 Å². The van der Waals surface area contributed by atoms with Crippen LogP contribution in [0.5, 0.6) is 11.5 Å². The van der Waals surface area contributed by atoms with Crippen LogP contribution in [0, 0.1) is 0 Å². The maximum absolute atomic E-state index is 10.5. The summed E-state index contributed by atoms with van der Waals surface area (Å²) in [5.41, 5.74) is 0. The van der Waals surface area contributed by atoms with E-state index in [4.69, 9.17) is 9.47 Å². The zero-order chi connectivity index (χ0) is 8.97. The number of carbonyl (C=O) groups is 1. The molecule has 0 aromatic heterocycles. The molecule has 0 aliphatic heterocycles. The lowest BCUT2D eigenvalue weighted by Crippen LogP contribution is -1.98. The van der Waals surface area contributed by atoms with Gasteiger partial charge in [0.1, 0.15) is 0 Å². The lowest BCUT2D eigenvalue weighted by Gasteiger charge is -2.05. The molecule has 0 aliphatic rings. The average Bonchev–Trinajstić information content (AvgIpc) is 2.04. The topological polar surface area (TPSA) is 35.5 Å². The number of rotatable bonds is 2. The second-order valence-corrected chi connectivity index (χ2v) is 2.38. The normalized spacial score (nSPS) is 9.17. The van der Waals surface area contributed by atoms with Gasteiger partial charge in [0.15, 0.2) is 11.5 Å². The Kier molecular flexibility index (Phi) is 2.99. The van der Waals surface area contributed by atoms with Crippen LogP contribution >= 0.6 is 12.6 Å². The van der Waals surface area contributed by atoms with Crippen molar-refractivity contribution in [3.8, 4) is 11.5 Å². The summed E-state index contributed by atoms with van der Waals surface area (Å²) in [5.74, 6) is 0.889. The van der Waals surface area contributed by atoms with Crippen LogP contribution in [-0.4, -0.2) is 12.4 Å². The highest BCUT2D eigenvalue weighted by atomic mass is 32.1. The number of benzene rings is 1. The van der Waals surface area contributed by atoms with Gasteiger partial charge in [-0.05, 0) is 12.1 Å². The van der Waals surface area contributed by atoms with Crippen LogP contribution in [-0.2, 0) is 0 Å². The van der Waals surface area contributed by atoms with Gasteiger partial charge in [-0.25, -0.2) is 4.79 Å². The Morgan fingerprint density at radius 2 is 1.92 bits per heavy atom. The first-order valence-corrected chi connectivity index (χ1v) is 3.72. The van der Waals surface area contributed by atoms with Crippen molar-refractivity contribution in [2.45, 2.75) is 0 Å². The van der Waals surface area contributed by atoms with Gasteiger partial charge in [0.25, 0.3) is 0 Å². The summed E-state index contributed by atoms with van der Waals surface area (Å²) in [7, 11) is 1.51. The summed E-state index contributed by atoms with van der Waals surface area (Å²) in [6.07, 6.45) is 0. The van der Waals surface area contributed by atoms with Crippen molar-refractivity contribution in [1.29, 1.82) is 0 Å². The number of carbonyl (C=O) groups excluding carboxylic acids is 1. The fourth-order valence-electron chi connectivity index (χ4n) is 0.797. The highest BCUT2D eigenvalue weighted by molar-refractivity contribution is 7.96. The van der Waals surface area contributed by atoms with Crippen molar-refractivity contribution in [3.05, 3.63) is 24.3 Å². The Bertz CT molecular complexity index is 285. The third-order valence-corrected chi connectivity index (χ3v) is 1.36. The van der Waals surface area contributed by atoms with E-state index in [9.17, 15) is 4.79 Å². The fraction of sp³-hybridized carbons (Fsp3) is 0.125. The molecule has 0 N–H and O–H groups in total. The monoisotopic (exact) mass is 184 g/mol. The van der Waals surface area contributed by atoms with Gasteiger partial charge in [-0.1, -0.05) is 24.8 Å². The summed E-state index contributed by atoms with van der Waals surface area (Å²) in [6, 6.07) is 6.86. The summed E-state index contributed by atoms with van der Waals surface area (Å²) in [5, 5.41) is -0.653. The summed E-state index contributed by atoms with van der Waals surface area (Å²) in [6.45, 7) is 0. The molecule has 0 aliphatic carbocycles. The number of ether oxygens (including phenoxy) is 2. The molecule has 1 rings (SSSR count). The highest BCUT2D eigenvalue weighted by Gasteiger charge is 2.04. The number of hydrogen-bond acceptors (Lipinski definition) is 3. The molecule has 64 valence electrons. The van der Waals surface area contributed by atoms with E-state index in [1.165, 1.54) is 7.11 Å². The van der Waals surface area contributed by atoms with Gasteiger partial charge in [-0.3, -0.25) is 0 Å². The standard InChI is InChI=1S/C8H8O3S/c1-10-6-4-2-3-5-7(6)11-8(9)12/h2-5H,1H3,(H,9,12). The minimum absolute atomic E-state index is 0.375. The third-order valence-electron chi connectivity index (χ3n) is 1.27. The summed E-state index contributed by atoms with van der Waals surface area (Å²) >= 11 is 3.48. The minimum atomic E-state index is -0.653. The molecular weight excluding hydrogens is 176 g/mol. The molecule has 0 saturated heterocycles. The predicted octanol–water partition coefficient (Wildman–Crippen LogP) is 2.12. The van der Waals surface area contributed by atoms with Gasteiger partial charge < -0.3 is 9.47 Å². The first-order chi connectivity index (χ1) is 5.74. The van der Waals surface area contributed by atoms with E-state index in [0.717, 1.165) is 0 Å². The Balaban J connectivity index is 2.89. The molecule has 12 heavy (non-hydrogen) atoms. The van der Waals surface area contributed by atoms with Gasteiger partial charge >= 0.3 is 5.30 Å². The lowest BCUT2D eigenvalue weighted by molar-refractivity contribution is 0.225. The molecule has 0 fully saturated rings. The third kappa shape index (κ3) is 2.17. The first-order valence-electron chi connectivity index (χ1n) is 3.28. The minimum Gasteiger partial charge on any atom is -0.493 e. The predicted molar refractivity (Wildman–Crippen MR) is 48.0 cm³/mol. The Morgan fingerprint density at radius 1 is 1.33 bits per heavy atom. The second kappa shape index (κ2) is 4.01. The zero-order valence-electron chi connectivity index (χ0n) is 6.48. The van der Waals surface area contributed by atoms with Crippen molar-refractivity contribution in [2.75, 3.05) is 7.11 Å². The number of hydrogen-bond donors (Lipinski definition) is 1. The van der Waals surface area contributed by atoms with Crippen LogP contribution < -0.4 is 9.47 Å². The molecule has 3 nitrogen and oxygen atoms in total. The zero-order valence-corrected chi connectivity index (χ0v) is 7.38. The molecule has 1 aromatic carbocycles. The Hall–Kier alpha value is -1.16. The molecular formula is C8H8O3S. The van der Waals surface area contributed by atoms with Gasteiger partial charge in [-0.2, -0.15) is 0 Å². The van der Waals surface area contributed by atoms with E-state index in [0.29, 0.717) is 11.5 Å². The lowest BCUT2D eigenvalue weighted by atomic mass is 10.3. The van der Waals surface area contributed by atoms with E-state index in [1.807, 2.05) is 0 Å². The van der Waals surface area contributed by atoms with Crippen molar-refractivity contribution in [3.63, 3.8) is 0 Å². The van der Waals surface area contributed by atoms with E-state index < -0.39 is 5.30 Å². The van der Waals surface area contributed by atoms with Gasteiger partial charge in [0.2, 0.25) is 0 Å². The largest absolute Gasteiger partial charge is 0.493 e. The molecule has 0 radical (unpaired) electrons. The number of para-hydroxylation sites is 2. The fourth-order valence-corrected chi connectivity index (χ4v) is 0.896. The van der Waals surface area contributed by atoms with E-state index in [-0.39, 0.29) is 0 Å². The van der Waals surface area contributed by atoms with Crippen LogP contribution in [0.1, 0.15) is 0 Å². The van der Waals surface area contributed by atoms with Gasteiger partial charge in [0.05, 0.1) is 7.11 Å². The molecule has 0 atom stereocenters. The van der Waals surface area contributed by atoms with Gasteiger partial charge in [0, 0.05) is 0 Å². The van der Waals surface area contributed by atoms with Crippen LogP contribution in [0.3, 0.4) is 0 Å². The maximum Gasteiger partial charge on any atom is 0.369 e. The molecule has 0 spiro atoms. The van der Waals surface area contributed by atoms with E-state index >= 15 is 0 Å². The van der Waals surface area contributed by atoms with Crippen molar-refractivity contribution < 1.29 is 14.3 Å². The first kappa shape index (κ1) is 8.93. The number of thiol groups is 1.